The van der Waals surface area contributed by atoms with Crippen LogP contribution in [-0.2, 0) is 25.7 Å². The summed E-state index contributed by atoms with van der Waals surface area (Å²) in [5.41, 5.74) is 10.4. The molecule has 0 bridgehead atoms. The Labute approximate surface area is 285 Å². The monoisotopic (exact) mass is 670 g/mol. The molecule has 5 rings (SSSR count). The van der Waals surface area contributed by atoms with Crippen LogP contribution in [0.25, 0.3) is 0 Å². The molecular weight excluding hydrogens is 628 g/mol. The number of hydrogen-bond donors (Lipinski definition) is 4. The van der Waals surface area contributed by atoms with Crippen molar-refractivity contribution in [3.63, 3.8) is 0 Å². The number of rotatable bonds is 15. The molecule has 10 nitrogen and oxygen atoms in total. The van der Waals surface area contributed by atoms with Crippen LogP contribution in [0.2, 0.25) is 0 Å². The van der Waals surface area contributed by atoms with Crippen molar-refractivity contribution in [3.8, 4) is 0 Å². The Hall–Kier alpha value is -4.42. The summed E-state index contributed by atoms with van der Waals surface area (Å²) in [5, 5.41) is 28.0. The number of carbonyl (C=O) groups is 2. The van der Waals surface area contributed by atoms with Gasteiger partial charge in [-0.1, -0.05) is 73.1 Å². The minimum Gasteiger partial charge on any atom is -0.618 e. The molecule has 2 heterocycles. The topological polar surface area (TPSA) is 150 Å². The first kappa shape index (κ1) is 34.9. The molecular formula is C37H42N4O6S. The number of carbonyl (C=O) groups excluding carboxylic acids is 2. The van der Waals surface area contributed by atoms with Crippen LogP contribution in [0.1, 0.15) is 74.0 Å². The molecule has 3 atom stereocenters. The lowest BCUT2D eigenvalue weighted by Crippen LogP contribution is -2.32. The summed E-state index contributed by atoms with van der Waals surface area (Å²) in [6.45, 7) is -0.0296. The molecule has 1 aliphatic heterocycles. The number of nitrogens with one attached hydrogen (secondary N) is 2. The number of aromatic nitrogens is 1. The average Bonchev–Trinajstić information content (AvgIpc) is 3.10. The van der Waals surface area contributed by atoms with Crippen molar-refractivity contribution < 1.29 is 28.9 Å². The van der Waals surface area contributed by atoms with Gasteiger partial charge in [-0.3, -0.25) is 9.59 Å². The highest BCUT2D eigenvalue weighted by molar-refractivity contribution is 7.99. The van der Waals surface area contributed by atoms with Crippen molar-refractivity contribution in [2.45, 2.75) is 75.1 Å². The molecule has 48 heavy (non-hydrogen) atoms. The van der Waals surface area contributed by atoms with E-state index in [-0.39, 0.29) is 30.6 Å². The fourth-order valence-electron chi connectivity index (χ4n) is 5.42. The molecule has 1 fully saturated rings. The number of aliphatic hydroxyl groups excluding tert-OH is 1. The highest BCUT2D eigenvalue weighted by Crippen LogP contribution is 2.39. The van der Waals surface area contributed by atoms with Crippen LogP contribution in [0.5, 0.6) is 0 Å². The molecule has 0 radical (unpaired) electrons. The molecule has 4 aromatic rings. The van der Waals surface area contributed by atoms with E-state index in [0.29, 0.717) is 47.1 Å². The maximum absolute atomic E-state index is 12.6. The molecule has 0 unspecified atom stereocenters. The van der Waals surface area contributed by atoms with Crippen molar-refractivity contribution in [2.24, 2.45) is 0 Å². The van der Waals surface area contributed by atoms with Gasteiger partial charge in [-0.05, 0) is 54.3 Å². The number of para-hydroxylation sites is 2. The Morgan fingerprint density at radius 1 is 0.833 bits per heavy atom. The van der Waals surface area contributed by atoms with Gasteiger partial charge in [-0.15, -0.1) is 0 Å². The van der Waals surface area contributed by atoms with Crippen LogP contribution in [0.15, 0.2) is 102 Å². The third-order valence-corrected chi connectivity index (χ3v) is 9.23. The highest BCUT2D eigenvalue weighted by Gasteiger charge is 2.32. The minimum absolute atomic E-state index is 0.0296. The van der Waals surface area contributed by atoms with Crippen LogP contribution in [0.3, 0.4) is 0 Å². The number of nitrogens with zero attached hydrogens (tertiary/aromatic N) is 1. The summed E-state index contributed by atoms with van der Waals surface area (Å²) in [6, 6.07) is 27.7. The Kier molecular flexibility index (Phi) is 12.8. The quantitative estimate of drug-likeness (QED) is 0.0361. The van der Waals surface area contributed by atoms with E-state index in [1.165, 1.54) is 18.0 Å². The third kappa shape index (κ3) is 10.3. The maximum atomic E-state index is 12.6. The number of nitrogens with two attached hydrogens (primary N) is 1. The van der Waals surface area contributed by atoms with Gasteiger partial charge in [-0.2, -0.15) is 4.73 Å². The van der Waals surface area contributed by atoms with E-state index in [0.717, 1.165) is 47.1 Å². The van der Waals surface area contributed by atoms with Gasteiger partial charge in [0.25, 0.3) is 5.03 Å². The van der Waals surface area contributed by atoms with E-state index in [1.807, 2.05) is 66.7 Å². The van der Waals surface area contributed by atoms with Crippen LogP contribution >= 0.6 is 11.8 Å². The lowest BCUT2D eigenvalue weighted by molar-refractivity contribution is -0.645. The number of amides is 2. The minimum atomic E-state index is -0.640. The number of nitrogen functional groups attached to an aromatic ring is 1. The standard InChI is InChI=1S/C37H42N4O6S/c38-31-9-5-6-10-32(31)40-35(44)12-4-2-1-3-11-34(43)39-29-20-18-28(19-21-29)37-46-30(25-48-36-13-7-8-22-41(36)45)23-33(47-37)27-16-14-26(24-42)15-17-27/h5-10,13-22,30,33,37,42H,1-4,11-12,23-25,38H2,(H,39,43)(H,40,44)/t30-,33+,37+/m1/s1. The Balaban J connectivity index is 1.09. The Morgan fingerprint density at radius 2 is 1.50 bits per heavy atom. The lowest BCUT2D eigenvalue weighted by atomic mass is 10.0. The largest absolute Gasteiger partial charge is 0.618 e. The van der Waals surface area contributed by atoms with Crippen LogP contribution in [0.4, 0.5) is 17.1 Å². The first-order chi connectivity index (χ1) is 23.4. The molecule has 0 spiro atoms. The van der Waals surface area contributed by atoms with Crippen molar-refractivity contribution in [1.29, 1.82) is 0 Å². The zero-order valence-electron chi connectivity index (χ0n) is 26.8. The summed E-state index contributed by atoms with van der Waals surface area (Å²) in [5.74, 6) is 0.440. The average molecular weight is 671 g/mol. The first-order valence-electron chi connectivity index (χ1n) is 16.2. The number of unbranched alkanes of at least 4 members (excludes halogenated alkanes) is 3. The zero-order valence-corrected chi connectivity index (χ0v) is 27.6. The molecule has 11 heteroatoms. The summed E-state index contributed by atoms with van der Waals surface area (Å²) < 4.78 is 13.6. The van der Waals surface area contributed by atoms with E-state index in [9.17, 15) is 19.9 Å². The van der Waals surface area contributed by atoms with E-state index in [2.05, 4.69) is 10.6 Å². The van der Waals surface area contributed by atoms with Gasteiger partial charge in [0.2, 0.25) is 11.8 Å². The molecule has 2 amide bonds. The number of thioether (sulfide) groups is 1. The second-order valence-corrected chi connectivity index (χ2v) is 12.8. The predicted octanol–water partition coefficient (Wildman–Crippen LogP) is 6.65. The van der Waals surface area contributed by atoms with Crippen molar-refractivity contribution in [1.82, 2.24) is 0 Å². The van der Waals surface area contributed by atoms with E-state index < -0.39 is 6.29 Å². The predicted molar refractivity (Wildman–Crippen MR) is 187 cm³/mol. The smallest absolute Gasteiger partial charge is 0.251 e. The fourth-order valence-corrected chi connectivity index (χ4v) is 6.35. The van der Waals surface area contributed by atoms with E-state index in [4.69, 9.17) is 15.2 Å². The molecule has 3 aromatic carbocycles. The van der Waals surface area contributed by atoms with Crippen LogP contribution in [-0.4, -0.2) is 28.8 Å². The summed E-state index contributed by atoms with van der Waals surface area (Å²) in [7, 11) is 0. The molecule has 0 saturated carbocycles. The Bertz CT molecular complexity index is 1640. The van der Waals surface area contributed by atoms with Crippen molar-refractivity contribution in [3.05, 3.63) is 119 Å². The van der Waals surface area contributed by atoms with Gasteiger partial charge in [0, 0.05) is 48.4 Å². The van der Waals surface area contributed by atoms with E-state index >= 15 is 0 Å². The molecule has 1 aliphatic rings. The highest BCUT2D eigenvalue weighted by atomic mass is 32.2. The lowest BCUT2D eigenvalue weighted by Gasteiger charge is -2.36. The van der Waals surface area contributed by atoms with Gasteiger partial charge in [-0.25, -0.2) is 0 Å². The number of hydrogen-bond acceptors (Lipinski definition) is 8. The second kappa shape index (κ2) is 17.7. The maximum Gasteiger partial charge on any atom is 0.251 e. The number of pyridine rings is 1. The van der Waals surface area contributed by atoms with Crippen LogP contribution in [0, 0.1) is 5.21 Å². The summed E-state index contributed by atoms with van der Waals surface area (Å²) in [4.78, 5) is 24.8. The van der Waals surface area contributed by atoms with Gasteiger partial charge in [0.1, 0.15) is 0 Å². The molecule has 5 N–H and O–H groups in total. The number of ether oxygens (including phenoxy) is 2. The molecule has 0 aliphatic carbocycles. The molecule has 252 valence electrons. The van der Waals surface area contributed by atoms with Gasteiger partial charge in [0.05, 0.1) is 30.2 Å². The van der Waals surface area contributed by atoms with Crippen molar-refractivity contribution in [2.75, 3.05) is 22.1 Å². The van der Waals surface area contributed by atoms with E-state index in [1.54, 1.807) is 24.3 Å². The second-order valence-electron chi connectivity index (χ2n) is 11.7. The number of benzene rings is 3. The summed E-state index contributed by atoms with van der Waals surface area (Å²) in [6.07, 6.45) is 5.01. The third-order valence-electron chi connectivity index (χ3n) is 8.08. The van der Waals surface area contributed by atoms with Gasteiger partial charge in [0.15, 0.2) is 12.5 Å². The van der Waals surface area contributed by atoms with Crippen LogP contribution < -0.4 is 21.1 Å². The molecule has 1 saturated heterocycles. The van der Waals surface area contributed by atoms with Gasteiger partial charge >= 0.3 is 0 Å². The molecule has 1 aromatic heterocycles. The van der Waals surface area contributed by atoms with Gasteiger partial charge < -0.3 is 36.2 Å². The number of anilines is 3. The zero-order chi connectivity index (χ0) is 33.7. The first-order valence-corrected chi connectivity index (χ1v) is 17.2. The number of aliphatic hydroxyl groups is 1. The SMILES string of the molecule is Nc1ccccc1NC(=O)CCCCCCC(=O)Nc1ccc([C@H]2O[C@@H](CSc3cccc[n+]3[O-])C[C@@H](c3ccc(CO)cc3)O2)cc1. The summed E-state index contributed by atoms with van der Waals surface area (Å²) >= 11 is 1.44. The van der Waals surface area contributed by atoms with Crippen molar-refractivity contribution >= 4 is 40.6 Å². The fraction of sp³-hybridized carbons (Fsp3) is 0.324. The normalized spacial score (nSPS) is 17.5. The Morgan fingerprint density at radius 3 is 2.19 bits per heavy atom.